The van der Waals surface area contributed by atoms with Crippen molar-refractivity contribution in [3.63, 3.8) is 0 Å². The van der Waals surface area contributed by atoms with Crippen molar-refractivity contribution >= 4 is 24.6 Å². The van der Waals surface area contributed by atoms with E-state index in [9.17, 15) is 9.59 Å². The van der Waals surface area contributed by atoms with Crippen molar-refractivity contribution < 1.29 is 19.4 Å². The van der Waals surface area contributed by atoms with Gasteiger partial charge in [0, 0.05) is 5.75 Å². The molecule has 0 aromatic heterocycles. The van der Waals surface area contributed by atoms with Gasteiger partial charge < -0.3 is 21.3 Å². The van der Waals surface area contributed by atoms with Gasteiger partial charge in [-0.15, -0.1) is 0 Å². The van der Waals surface area contributed by atoms with Crippen LogP contribution >= 0.6 is 12.6 Å². The van der Waals surface area contributed by atoms with Crippen LogP contribution in [0.25, 0.3) is 0 Å². The van der Waals surface area contributed by atoms with Crippen LogP contribution in [0, 0.1) is 0 Å². The van der Waals surface area contributed by atoms with Gasteiger partial charge in [0.2, 0.25) is 0 Å². The zero-order valence-electron chi connectivity index (χ0n) is 6.84. The van der Waals surface area contributed by atoms with Gasteiger partial charge in [-0.05, 0) is 0 Å². The van der Waals surface area contributed by atoms with E-state index in [-0.39, 0.29) is 12.4 Å². The van der Waals surface area contributed by atoms with Crippen molar-refractivity contribution in [2.24, 2.45) is 11.5 Å². The van der Waals surface area contributed by atoms with Gasteiger partial charge in [-0.2, -0.15) is 12.6 Å². The highest BCUT2D eigenvalue weighted by Crippen LogP contribution is 1.90. The molecule has 76 valence electrons. The number of hydrogen-bond donors (Lipinski definition) is 4. The number of thiol groups is 1. The Morgan fingerprint density at radius 2 is 1.92 bits per heavy atom. The first-order chi connectivity index (χ1) is 5.99. The van der Waals surface area contributed by atoms with Crippen molar-refractivity contribution in [2.75, 3.05) is 12.4 Å². The maximum Gasteiger partial charge on any atom is 0.324 e. The van der Waals surface area contributed by atoms with E-state index in [2.05, 4.69) is 17.4 Å². The first kappa shape index (κ1) is 12.2. The summed E-state index contributed by atoms with van der Waals surface area (Å²) in [6.45, 7) is -0.379. The second kappa shape index (κ2) is 5.79. The lowest BCUT2D eigenvalue weighted by molar-refractivity contribution is -0.148. The molecule has 0 rings (SSSR count). The Labute approximate surface area is 80.6 Å². The van der Waals surface area contributed by atoms with E-state index in [0.717, 1.165) is 0 Å². The molecule has 0 unspecified atom stereocenters. The summed E-state index contributed by atoms with van der Waals surface area (Å²) in [7, 11) is 0. The second-order valence-electron chi connectivity index (χ2n) is 2.36. The number of hydrogen-bond acceptors (Lipinski definition) is 6. The fourth-order valence-electron chi connectivity index (χ4n) is 0.425. The number of ether oxygens (including phenoxy) is 1. The lowest BCUT2D eigenvalue weighted by Gasteiger charge is -2.10. The molecule has 13 heavy (non-hydrogen) atoms. The zero-order valence-corrected chi connectivity index (χ0v) is 7.74. The van der Waals surface area contributed by atoms with Gasteiger partial charge in [-0.1, -0.05) is 0 Å². The number of carboxylic acid groups (broad SMARTS) is 1. The second-order valence-corrected chi connectivity index (χ2v) is 2.73. The molecule has 0 heterocycles. The Balaban J connectivity index is 3.76. The SMILES string of the molecule is N[C@@H](COC(=O)[C@@H](N)CS)C(=O)O. The summed E-state index contributed by atoms with van der Waals surface area (Å²) in [5.74, 6) is -1.79. The lowest BCUT2D eigenvalue weighted by Crippen LogP contribution is -2.40. The van der Waals surface area contributed by atoms with Gasteiger partial charge in [-0.25, -0.2) is 0 Å². The van der Waals surface area contributed by atoms with E-state index in [1.807, 2.05) is 0 Å². The Hall–Kier alpha value is -0.790. The van der Waals surface area contributed by atoms with Gasteiger partial charge in [0.05, 0.1) is 0 Å². The van der Waals surface area contributed by atoms with Crippen molar-refractivity contribution in [3.8, 4) is 0 Å². The average molecular weight is 208 g/mol. The van der Waals surface area contributed by atoms with Gasteiger partial charge in [-0.3, -0.25) is 9.59 Å². The molecule has 0 aliphatic heterocycles. The summed E-state index contributed by atoms with van der Waals surface area (Å²) in [4.78, 5) is 21.0. The third-order valence-corrected chi connectivity index (χ3v) is 1.62. The van der Waals surface area contributed by atoms with Crippen molar-refractivity contribution in [1.29, 1.82) is 0 Å². The van der Waals surface area contributed by atoms with Crippen molar-refractivity contribution in [2.45, 2.75) is 12.1 Å². The molecular formula is C6H12N2O4S. The largest absolute Gasteiger partial charge is 0.480 e. The molecule has 6 nitrogen and oxygen atoms in total. The minimum atomic E-state index is -1.23. The molecule has 0 spiro atoms. The summed E-state index contributed by atoms with van der Waals surface area (Å²) in [5, 5.41) is 8.33. The third-order valence-electron chi connectivity index (χ3n) is 1.22. The Bertz CT molecular complexity index is 199. The molecule has 0 aromatic carbocycles. The van der Waals surface area contributed by atoms with Crippen molar-refractivity contribution in [1.82, 2.24) is 0 Å². The van der Waals surface area contributed by atoms with Crippen LogP contribution in [0.3, 0.4) is 0 Å². The number of carboxylic acids is 1. The van der Waals surface area contributed by atoms with Gasteiger partial charge in [0.15, 0.2) is 0 Å². The molecule has 2 atom stereocenters. The number of nitrogens with two attached hydrogens (primary N) is 2. The van der Waals surface area contributed by atoms with Crippen LogP contribution in [-0.4, -0.2) is 41.5 Å². The normalized spacial score (nSPS) is 14.7. The maximum atomic E-state index is 10.9. The molecule has 0 saturated heterocycles. The van der Waals surface area contributed by atoms with E-state index in [1.54, 1.807) is 0 Å². The smallest absolute Gasteiger partial charge is 0.324 e. The van der Waals surface area contributed by atoms with E-state index in [4.69, 9.17) is 16.6 Å². The third kappa shape index (κ3) is 4.71. The van der Waals surface area contributed by atoms with Crippen LogP contribution in [-0.2, 0) is 14.3 Å². The summed E-state index contributed by atoms with van der Waals surface area (Å²) >= 11 is 3.77. The molecule has 7 heteroatoms. The van der Waals surface area contributed by atoms with Crippen LogP contribution in [0.5, 0.6) is 0 Å². The van der Waals surface area contributed by atoms with Crippen LogP contribution in [0.1, 0.15) is 0 Å². The summed E-state index contributed by atoms with van der Waals surface area (Å²) in [5.41, 5.74) is 10.3. The van der Waals surface area contributed by atoms with Gasteiger partial charge >= 0.3 is 11.9 Å². The van der Waals surface area contributed by atoms with Crippen LogP contribution < -0.4 is 11.5 Å². The topological polar surface area (TPSA) is 116 Å². The van der Waals surface area contributed by atoms with E-state index < -0.39 is 24.0 Å². The molecule has 0 aliphatic carbocycles. The number of esters is 1. The van der Waals surface area contributed by atoms with Crippen molar-refractivity contribution in [3.05, 3.63) is 0 Å². The van der Waals surface area contributed by atoms with Crippen LogP contribution in [0.15, 0.2) is 0 Å². The summed E-state index contributed by atoms with van der Waals surface area (Å²) < 4.78 is 4.50. The molecule has 0 fully saturated rings. The number of aliphatic carboxylic acids is 1. The van der Waals surface area contributed by atoms with E-state index in [0.29, 0.717) is 0 Å². The summed E-state index contributed by atoms with van der Waals surface area (Å²) in [6.07, 6.45) is 0. The molecule has 0 radical (unpaired) electrons. The minimum Gasteiger partial charge on any atom is -0.480 e. The first-order valence-electron chi connectivity index (χ1n) is 3.50. The predicted octanol–water partition coefficient (Wildman–Crippen LogP) is -1.80. The number of rotatable bonds is 5. The van der Waals surface area contributed by atoms with Gasteiger partial charge in [0.25, 0.3) is 0 Å². The zero-order chi connectivity index (χ0) is 10.4. The molecule has 0 amide bonds. The fraction of sp³-hybridized carbons (Fsp3) is 0.667. The highest BCUT2D eigenvalue weighted by Gasteiger charge is 2.17. The Morgan fingerprint density at radius 3 is 2.31 bits per heavy atom. The molecule has 5 N–H and O–H groups in total. The standard InChI is InChI=1S/C6H12N2O4S/c7-3(5(9)10)1-12-6(11)4(8)2-13/h3-4,13H,1-2,7-8H2,(H,9,10)/t3-,4-/m0/s1. The molecule has 0 aliphatic rings. The fourth-order valence-corrected chi connectivity index (χ4v) is 0.574. The number of carbonyl (C=O) groups excluding carboxylic acids is 1. The van der Waals surface area contributed by atoms with E-state index in [1.165, 1.54) is 0 Å². The Kier molecular flexibility index (Phi) is 5.44. The highest BCUT2D eigenvalue weighted by atomic mass is 32.1. The Morgan fingerprint density at radius 1 is 1.38 bits per heavy atom. The highest BCUT2D eigenvalue weighted by molar-refractivity contribution is 7.80. The van der Waals surface area contributed by atoms with Crippen LogP contribution in [0.2, 0.25) is 0 Å². The predicted molar refractivity (Wildman–Crippen MR) is 48.4 cm³/mol. The van der Waals surface area contributed by atoms with E-state index >= 15 is 0 Å². The number of carbonyl (C=O) groups is 2. The maximum absolute atomic E-state index is 10.9. The molecule has 0 aromatic rings. The average Bonchev–Trinajstić information content (AvgIpc) is 2.11. The monoisotopic (exact) mass is 208 g/mol. The lowest BCUT2D eigenvalue weighted by atomic mass is 10.3. The first-order valence-corrected chi connectivity index (χ1v) is 4.13. The van der Waals surface area contributed by atoms with Crippen LogP contribution in [0.4, 0.5) is 0 Å². The molecule has 0 saturated carbocycles. The minimum absolute atomic E-state index is 0.140. The molecule has 0 bridgehead atoms. The van der Waals surface area contributed by atoms with Gasteiger partial charge in [0.1, 0.15) is 18.7 Å². The summed E-state index contributed by atoms with van der Waals surface area (Å²) in [6, 6.07) is -2.06. The molecular weight excluding hydrogens is 196 g/mol. The quantitative estimate of drug-likeness (QED) is 0.313.